The molecular weight excluding hydrogens is 228 g/mol. The largest absolute Gasteiger partial charge is 0.395 e. The number of nitrogens with zero attached hydrogens (tertiary/aromatic N) is 2. The van der Waals surface area contributed by atoms with Crippen molar-refractivity contribution < 1.29 is 4.79 Å². The van der Waals surface area contributed by atoms with Crippen LogP contribution in [0.15, 0.2) is 0 Å². The third kappa shape index (κ3) is 1.98. The van der Waals surface area contributed by atoms with Crippen molar-refractivity contribution in [3.05, 3.63) is 11.4 Å². The lowest BCUT2D eigenvalue weighted by atomic mass is 10.2. The van der Waals surface area contributed by atoms with E-state index in [0.717, 1.165) is 44.3 Å². The molecule has 0 unspecified atom stereocenters. The van der Waals surface area contributed by atoms with E-state index in [0.29, 0.717) is 23.3 Å². The number of nitrogens with two attached hydrogens (primary N) is 1. The van der Waals surface area contributed by atoms with Gasteiger partial charge in [-0.3, -0.25) is 9.89 Å². The molecule has 0 spiro atoms. The van der Waals surface area contributed by atoms with Gasteiger partial charge >= 0.3 is 0 Å². The molecule has 3 N–H and O–H groups in total. The Morgan fingerprint density at radius 2 is 2.17 bits per heavy atom. The number of hydrogen-bond donors (Lipinski definition) is 2. The van der Waals surface area contributed by atoms with Crippen LogP contribution in [0.4, 0.5) is 5.69 Å². The van der Waals surface area contributed by atoms with Crippen molar-refractivity contribution in [2.24, 2.45) is 0 Å². The van der Waals surface area contributed by atoms with Gasteiger partial charge in [-0.25, -0.2) is 0 Å². The highest BCUT2D eigenvalue weighted by Gasteiger charge is 2.36. The van der Waals surface area contributed by atoms with E-state index in [1.54, 1.807) is 0 Å². The molecule has 2 aliphatic rings. The summed E-state index contributed by atoms with van der Waals surface area (Å²) >= 11 is 0. The van der Waals surface area contributed by atoms with Crippen molar-refractivity contribution in [2.75, 3.05) is 12.3 Å². The Kier molecular flexibility index (Phi) is 2.76. The number of aromatic amines is 1. The zero-order valence-electron chi connectivity index (χ0n) is 10.8. The third-order valence-electron chi connectivity index (χ3n) is 3.73. The number of carbonyl (C=O) groups excluding carboxylic acids is 1. The second-order valence-electron chi connectivity index (χ2n) is 5.40. The maximum absolute atomic E-state index is 12.5. The van der Waals surface area contributed by atoms with Crippen molar-refractivity contribution in [2.45, 2.75) is 51.0 Å². The van der Waals surface area contributed by atoms with Crippen molar-refractivity contribution in [3.8, 4) is 0 Å². The maximum Gasteiger partial charge on any atom is 0.276 e. The number of amides is 1. The summed E-state index contributed by atoms with van der Waals surface area (Å²) in [6, 6.07) is 0.415. The van der Waals surface area contributed by atoms with E-state index in [4.69, 9.17) is 5.73 Å². The molecule has 2 aliphatic carbocycles. The standard InChI is InChI=1S/C13H20N4O/c1-2-7-17(9-5-6-9)13(18)12-10(14)11(15-16-12)8-3-4-8/h8-9H,2-7,14H2,1H3,(H,15,16). The summed E-state index contributed by atoms with van der Waals surface area (Å²) in [6.07, 6.45) is 5.52. The van der Waals surface area contributed by atoms with Crippen LogP contribution in [0, 0.1) is 0 Å². The van der Waals surface area contributed by atoms with Gasteiger partial charge in [0.1, 0.15) is 0 Å². The molecule has 2 saturated carbocycles. The molecule has 1 aromatic rings. The number of nitrogen functional groups attached to an aromatic ring is 1. The van der Waals surface area contributed by atoms with Crippen molar-refractivity contribution >= 4 is 11.6 Å². The molecule has 5 heteroatoms. The zero-order chi connectivity index (χ0) is 12.7. The Morgan fingerprint density at radius 1 is 1.44 bits per heavy atom. The van der Waals surface area contributed by atoms with Gasteiger partial charge in [-0.15, -0.1) is 0 Å². The molecule has 0 aliphatic heterocycles. The molecule has 1 amide bonds. The van der Waals surface area contributed by atoms with E-state index in [1.165, 1.54) is 0 Å². The number of aromatic nitrogens is 2. The van der Waals surface area contributed by atoms with Crippen LogP contribution in [0.2, 0.25) is 0 Å². The molecular formula is C13H20N4O. The van der Waals surface area contributed by atoms with Crippen LogP contribution in [0.3, 0.4) is 0 Å². The van der Waals surface area contributed by atoms with Gasteiger partial charge in [0.15, 0.2) is 5.69 Å². The van der Waals surface area contributed by atoms with E-state index < -0.39 is 0 Å². The number of hydrogen-bond acceptors (Lipinski definition) is 3. The Morgan fingerprint density at radius 3 is 2.72 bits per heavy atom. The fourth-order valence-corrected chi connectivity index (χ4v) is 2.42. The van der Waals surface area contributed by atoms with E-state index in [-0.39, 0.29) is 5.91 Å². The predicted molar refractivity (Wildman–Crippen MR) is 69.3 cm³/mol. The van der Waals surface area contributed by atoms with Gasteiger partial charge < -0.3 is 10.6 Å². The van der Waals surface area contributed by atoms with E-state index >= 15 is 0 Å². The highest BCUT2D eigenvalue weighted by Crippen LogP contribution is 2.42. The van der Waals surface area contributed by atoms with Crippen LogP contribution < -0.4 is 5.73 Å². The van der Waals surface area contributed by atoms with Gasteiger partial charge in [0.25, 0.3) is 5.91 Å². The SMILES string of the molecule is CCCN(C(=O)c1n[nH]c(C2CC2)c1N)C1CC1. The smallest absolute Gasteiger partial charge is 0.276 e. The average molecular weight is 248 g/mol. The van der Waals surface area contributed by atoms with Crippen molar-refractivity contribution in [1.82, 2.24) is 15.1 Å². The van der Waals surface area contributed by atoms with Crippen LogP contribution in [0.25, 0.3) is 0 Å². The zero-order valence-corrected chi connectivity index (χ0v) is 10.8. The lowest BCUT2D eigenvalue weighted by molar-refractivity contribution is 0.0738. The maximum atomic E-state index is 12.5. The quantitative estimate of drug-likeness (QED) is 0.835. The topological polar surface area (TPSA) is 75.0 Å². The monoisotopic (exact) mass is 248 g/mol. The molecule has 2 fully saturated rings. The summed E-state index contributed by atoms with van der Waals surface area (Å²) in [5.41, 5.74) is 8.02. The molecule has 1 heterocycles. The molecule has 5 nitrogen and oxygen atoms in total. The fraction of sp³-hybridized carbons (Fsp3) is 0.692. The highest BCUT2D eigenvalue weighted by atomic mass is 16.2. The van der Waals surface area contributed by atoms with Crippen LogP contribution in [0.1, 0.15) is 61.1 Å². The number of anilines is 1. The van der Waals surface area contributed by atoms with E-state index in [1.807, 2.05) is 4.90 Å². The number of carbonyl (C=O) groups is 1. The Hall–Kier alpha value is -1.52. The third-order valence-corrected chi connectivity index (χ3v) is 3.73. The minimum Gasteiger partial charge on any atom is -0.395 e. The Labute approximate surface area is 107 Å². The lowest BCUT2D eigenvalue weighted by Gasteiger charge is -2.20. The van der Waals surface area contributed by atoms with Gasteiger partial charge in [-0.05, 0) is 32.1 Å². The van der Waals surface area contributed by atoms with Crippen molar-refractivity contribution in [3.63, 3.8) is 0 Å². The molecule has 0 bridgehead atoms. The van der Waals surface area contributed by atoms with Gasteiger partial charge in [-0.2, -0.15) is 5.10 Å². The molecule has 18 heavy (non-hydrogen) atoms. The molecule has 3 rings (SSSR count). The Balaban J connectivity index is 1.81. The molecule has 0 aromatic carbocycles. The molecule has 1 aromatic heterocycles. The summed E-state index contributed by atoms with van der Waals surface area (Å²) < 4.78 is 0. The molecule has 0 radical (unpaired) electrons. The van der Waals surface area contributed by atoms with E-state index in [2.05, 4.69) is 17.1 Å². The second kappa shape index (κ2) is 4.30. The van der Waals surface area contributed by atoms with Crippen molar-refractivity contribution in [1.29, 1.82) is 0 Å². The minimum absolute atomic E-state index is 0.000000000000000444. The first kappa shape index (κ1) is 11.6. The summed E-state index contributed by atoms with van der Waals surface area (Å²) in [7, 11) is 0. The molecule has 98 valence electrons. The summed E-state index contributed by atoms with van der Waals surface area (Å²) in [5.74, 6) is 0.500. The first-order valence-corrected chi connectivity index (χ1v) is 6.87. The van der Waals surface area contributed by atoms with E-state index in [9.17, 15) is 4.79 Å². The highest BCUT2D eigenvalue weighted by molar-refractivity contribution is 5.98. The summed E-state index contributed by atoms with van der Waals surface area (Å²) in [4.78, 5) is 14.4. The number of H-pyrrole nitrogens is 1. The van der Waals surface area contributed by atoms with Crippen LogP contribution in [0.5, 0.6) is 0 Å². The normalized spacial score (nSPS) is 18.9. The predicted octanol–water partition coefficient (Wildman–Crippen LogP) is 1.88. The van der Waals surface area contributed by atoms with Gasteiger partial charge in [-0.1, -0.05) is 6.92 Å². The van der Waals surface area contributed by atoms with Gasteiger partial charge in [0, 0.05) is 18.5 Å². The Bertz CT molecular complexity index is 460. The van der Waals surface area contributed by atoms with Gasteiger partial charge in [0.05, 0.1) is 11.4 Å². The number of rotatable bonds is 5. The second-order valence-corrected chi connectivity index (χ2v) is 5.40. The fourth-order valence-electron chi connectivity index (χ4n) is 2.42. The lowest BCUT2D eigenvalue weighted by Crippen LogP contribution is -2.34. The summed E-state index contributed by atoms with van der Waals surface area (Å²) in [6.45, 7) is 2.89. The first-order chi connectivity index (χ1) is 8.72. The first-order valence-electron chi connectivity index (χ1n) is 6.87. The average Bonchev–Trinajstić information content (AvgIpc) is 3.24. The van der Waals surface area contributed by atoms with Crippen LogP contribution in [-0.2, 0) is 0 Å². The minimum atomic E-state index is 0.000000000000000444. The molecule has 0 saturated heterocycles. The van der Waals surface area contributed by atoms with Crippen LogP contribution >= 0.6 is 0 Å². The molecule has 0 atom stereocenters. The summed E-state index contributed by atoms with van der Waals surface area (Å²) in [5, 5.41) is 7.10. The van der Waals surface area contributed by atoms with Gasteiger partial charge in [0.2, 0.25) is 0 Å². The van der Waals surface area contributed by atoms with Crippen LogP contribution in [-0.4, -0.2) is 33.6 Å². The number of nitrogens with one attached hydrogen (secondary N) is 1.